The molecule has 1 amide bonds. The second-order valence-electron chi connectivity index (χ2n) is 8.93. The summed E-state index contributed by atoms with van der Waals surface area (Å²) in [6.45, 7) is 1.72. The Bertz CT molecular complexity index is 1030. The van der Waals surface area contributed by atoms with Crippen molar-refractivity contribution < 1.29 is 4.79 Å². The van der Waals surface area contributed by atoms with Crippen molar-refractivity contribution in [2.75, 3.05) is 39.2 Å². The zero-order chi connectivity index (χ0) is 22.6. The molecule has 0 spiro atoms. The smallest absolute Gasteiger partial charge is 0.256 e. The lowest BCUT2D eigenvalue weighted by Gasteiger charge is -2.33. The van der Waals surface area contributed by atoms with Crippen molar-refractivity contribution in [1.29, 1.82) is 0 Å². The van der Waals surface area contributed by atoms with E-state index in [1.165, 1.54) is 5.56 Å². The van der Waals surface area contributed by atoms with Gasteiger partial charge in [0.25, 0.3) is 5.91 Å². The number of anilines is 1. The minimum Gasteiger partial charge on any atom is -0.309 e. The summed E-state index contributed by atoms with van der Waals surface area (Å²) >= 11 is 0. The van der Waals surface area contributed by atoms with E-state index >= 15 is 0 Å². The van der Waals surface area contributed by atoms with Crippen LogP contribution in [0.1, 0.15) is 29.5 Å². The third-order valence-corrected chi connectivity index (χ3v) is 6.48. The molecule has 4 heteroatoms. The van der Waals surface area contributed by atoms with E-state index in [-0.39, 0.29) is 5.91 Å². The summed E-state index contributed by atoms with van der Waals surface area (Å²) in [5.41, 5.74) is 3.81. The molecule has 0 aromatic heterocycles. The van der Waals surface area contributed by atoms with Gasteiger partial charge in [-0.15, -0.1) is 0 Å². The van der Waals surface area contributed by atoms with Gasteiger partial charge in [0.1, 0.15) is 5.41 Å². The summed E-state index contributed by atoms with van der Waals surface area (Å²) in [4.78, 5) is 16.5. The maximum atomic E-state index is 14.3. The summed E-state index contributed by atoms with van der Waals surface area (Å²) in [5, 5.41) is 4.01. The zero-order valence-electron chi connectivity index (χ0n) is 19.4. The molecule has 3 aromatic rings. The molecule has 1 atom stereocenters. The van der Waals surface area contributed by atoms with Crippen LogP contribution in [-0.4, -0.2) is 50.0 Å². The first-order valence-electron chi connectivity index (χ1n) is 11.4. The molecule has 4 rings (SSSR count). The van der Waals surface area contributed by atoms with Crippen molar-refractivity contribution in [3.05, 3.63) is 102 Å². The predicted molar refractivity (Wildman–Crippen MR) is 132 cm³/mol. The van der Waals surface area contributed by atoms with E-state index in [2.05, 4.69) is 78.6 Å². The Morgan fingerprint density at radius 1 is 0.781 bits per heavy atom. The van der Waals surface area contributed by atoms with Crippen molar-refractivity contribution in [2.45, 2.75) is 24.7 Å². The highest BCUT2D eigenvalue weighted by Gasteiger charge is 2.52. The fourth-order valence-electron chi connectivity index (χ4n) is 4.85. The highest BCUT2D eigenvalue weighted by molar-refractivity contribution is 6.09. The molecule has 0 saturated carbocycles. The van der Waals surface area contributed by atoms with Gasteiger partial charge in [0.15, 0.2) is 0 Å². The molecule has 166 valence electrons. The van der Waals surface area contributed by atoms with Crippen LogP contribution < -0.4 is 5.01 Å². The monoisotopic (exact) mass is 427 g/mol. The minimum absolute atomic E-state index is 0.152. The van der Waals surface area contributed by atoms with E-state index in [0.717, 1.165) is 49.2 Å². The fourth-order valence-corrected chi connectivity index (χ4v) is 4.85. The lowest BCUT2D eigenvalue weighted by atomic mass is 9.72. The van der Waals surface area contributed by atoms with Crippen molar-refractivity contribution in [3.8, 4) is 0 Å². The van der Waals surface area contributed by atoms with Crippen molar-refractivity contribution in [3.63, 3.8) is 0 Å². The third kappa shape index (κ3) is 4.21. The second kappa shape index (κ2) is 9.68. The number of nitrogens with zero attached hydrogens (tertiary/aromatic N) is 3. The largest absolute Gasteiger partial charge is 0.309 e. The van der Waals surface area contributed by atoms with Gasteiger partial charge >= 0.3 is 0 Å². The lowest BCUT2D eigenvalue weighted by molar-refractivity contribution is -0.124. The maximum absolute atomic E-state index is 14.3. The van der Waals surface area contributed by atoms with Crippen molar-refractivity contribution >= 4 is 11.6 Å². The van der Waals surface area contributed by atoms with Crippen molar-refractivity contribution in [1.82, 2.24) is 9.91 Å². The Labute approximate surface area is 192 Å². The van der Waals surface area contributed by atoms with Crippen LogP contribution in [0.2, 0.25) is 0 Å². The molecule has 1 heterocycles. The van der Waals surface area contributed by atoms with E-state index in [1.54, 1.807) is 0 Å². The van der Waals surface area contributed by atoms with Gasteiger partial charge in [-0.05, 0) is 62.7 Å². The average molecular weight is 428 g/mol. The first-order valence-corrected chi connectivity index (χ1v) is 11.4. The minimum atomic E-state index is -0.658. The van der Waals surface area contributed by atoms with E-state index in [9.17, 15) is 4.79 Å². The van der Waals surface area contributed by atoms with Gasteiger partial charge in [0.05, 0.1) is 5.69 Å². The Kier molecular flexibility index (Phi) is 6.73. The number of carbonyl (C=O) groups excluding carboxylic acids is 1. The molecule has 1 aliphatic heterocycles. The Hall–Kier alpha value is -2.95. The topological polar surface area (TPSA) is 26.8 Å². The third-order valence-electron chi connectivity index (χ3n) is 6.48. The van der Waals surface area contributed by atoms with Crippen LogP contribution in [-0.2, 0) is 16.6 Å². The standard InChI is InChI=1S/C28H33N3O/c1-29(2)21-12-20-28(24-15-8-5-9-16-24)25-17-10-11-18-26(25)31(27(28)32)30(3)22-19-23-13-6-4-7-14-23/h4-11,13-18H,12,19-22H2,1-3H3/t28-/m0/s1. The van der Waals surface area contributed by atoms with Gasteiger partial charge in [-0.2, -0.15) is 0 Å². The zero-order valence-corrected chi connectivity index (χ0v) is 19.4. The number of benzene rings is 3. The quantitative estimate of drug-likeness (QED) is 0.493. The molecular formula is C28H33N3O. The van der Waals surface area contributed by atoms with E-state index < -0.39 is 5.41 Å². The number of amides is 1. The van der Waals surface area contributed by atoms with Gasteiger partial charge in [-0.1, -0.05) is 78.9 Å². The Morgan fingerprint density at radius 3 is 2.09 bits per heavy atom. The molecule has 0 radical (unpaired) electrons. The number of hydrogen-bond donors (Lipinski definition) is 0. The molecule has 0 saturated heterocycles. The number of para-hydroxylation sites is 1. The van der Waals surface area contributed by atoms with E-state index in [4.69, 9.17) is 0 Å². The van der Waals surface area contributed by atoms with Gasteiger partial charge in [-0.25, -0.2) is 10.0 Å². The Morgan fingerprint density at radius 2 is 1.41 bits per heavy atom. The summed E-state index contributed by atoms with van der Waals surface area (Å²) in [6, 6.07) is 29.1. The first kappa shape index (κ1) is 22.3. The molecule has 0 unspecified atom stereocenters. The summed E-state index contributed by atoms with van der Waals surface area (Å²) in [7, 11) is 6.20. The second-order valence-corrected chi connectivity index (χ2v) is 8.93. The molecule has 0 bridgehead atoms. The van der Waals surface area contributed by atoms with E-state index in [1.807, 2.05) is 42.4 Å². The fraction of sp³-hybridized carbons (Fsp3) is 0.321. The first-order chi connectivity index (χ1) is 15.5. The van der Waals surface area contributed by atoms with Crippen LogP contribution in [0.25, 0.3) is 0 Å². The molecular weight excluding hydrogens is 394 g/mol. The van der Waals surface area contributed by atoms with Gasteiger partial charge < -0.3 is 4.90 Å². The molecule has 1 aliphatic rings. The SMILES string of the molecule is CN(C)CCC[C@@]1(c2ccccc2)C(=O)N(N(C)CCc2ccccc2)c2ccccc21. The number of fused-ring (bicyclic) bond motifs is 1. The van der Waals surface area contributed by atoms with Gasteiger partial charge in [-0.3, -0.25) is 4.79 Å². The maximum Gasteiger partial charge on any atom is 0.256 e. The highest BCUT2D eigenvalue weighted by Crippen LogP contribution is 2.49. The van der Waals surface area contributed by atoms with Gasteiger partial charge in [0.2, 0.25) is 0 Å². The van der Waals surface area contributed by atoms with Crippen LogP contribution in [0.5, 0.6) is 0 Å². The summed E-state index contributed by atoms with van der Waals surface area (Å²) in [5.74, 6) is 0.152. The average Bonchev–Trinajstić information content (AvgIpc) is 3.07. The number of likely N-dealkylation sites (N-methyl/N-ethyl adjacent to an activating group) is 1. The number of rotatable bonds is 9. The van der Waals surface area contributed by atoms with Crippen LogP contribution in [0.4, 0.5) is 5.69 Å². The van der Waals surface area contributed by atoms with Crippen LogP contribution in [0, 0.1) is 0 Å². The summed E-state index contributed by atoms with van der Waals surface area (Å²) < 4.78 is 0. The highest BCUT2D eigenvalue weighted by atomic mass is 16.2. The van der Waals surface area contributed by atoms with Crippen molar-refractivity contribution in [2.24, 2.45) is 0 Å². The summed E-state index contributed by atoms with van der Waals surface area (Å²) in [6.07, 6.45) is 2.62. The van der Waals surface area contributed by atoms with Crippen LogP contribution in [0.3, 0.4) is 0 Å². The van der Waals surface area contributed by atoms with Gasteiger partial charge in [0, 0.05) is 13.6 Å². The number of hydrazine groups is 1. The lowest BCUT2D eigenvalue weighted by Crippen LogP contribution is -2.49. The molecule has 0 aliphatic carbocycles. The molecule has 4 nitrogen and oxygen atoms in total. The Balaban J connectivity index is 1.70. The van der Waals surface area contributed by atoms with Crippen LogP contribution in [0.15, 0.2) is 84.9 Å². The molecule has 0 fully saturated rings. The number of hydrogen-bond acceptors (Lipinski definition) is 3. The molecule has 3 aromatic carbocycles. The normalized spacial score (nSPS) is 17.9. The van der Waals surface area contributed by atoms with E-state index in [0.29, 0.717) is 0 Å². The van der Waals surface area contributed by atoms with Crippen LogP contribution >= 0.6 is 0 Å². The molecule has 32 heavy (non-hydrogen) atoms. The number of carbonyl (C=O) groups is 1. The predicted octanol–water partition coefficient (Wildman–Crippen LogP) is 4.75. The molecule has 0 N–H and O–H groups in total.